The van der Waals surface area contributed by atoms with Crippen LogP contribution in [-0.4, -0.2) is 23.9 Å². The van der Waals surface area contributed by atoms with Gasteiger partial charge in [-0.1, -0.05) is 52.4 Å². The maximum atomic E-state index is 11.7. The molecule has 0 aromatic carbocycles. The smallest absolute Gasteiger partial charge is 0.244 e. The quantitative estimate of drug-likeness (QED) is 0.426. The molecule has 2 amide bonds. The van der Waals surface area contributed by atoms with E-state index < -0.39 is 0 Å². The molecular weight excluding hydrogens is 276 g/mol. The van der Waals surface area contributed by atoms with Crippen molar-refractivity contribution in [3.63, 3.8) is 0 Å². The molecule has 0 aliphatic heterocycles. The normalized spacial score (nSPS) is 13.8. The Morgan fingerprint density at radius 1 is 0.773 bits per heavy atom. The number of rotatable bonds is 12. The van der Waals surface area contributed by atoms with Crippen LogP contribution in [0.1, 0.15) is 79.1 Å². The summed E-state index contributed by atoms with van der Waals surface area (Å²) in [6.07, 6.45) is 11.6. The Bertz CT molecular complexity index is 308. The minimum atomic E-state index is -0.196. The first-order chi connectivity index (χ1) is 10.5. The van der Waals surface area contributed by atoms with E-state index in [4.69, 9.17) is 0 Å². The van der Waals surface area contributed by atoms with E-state index in [1.54, 1.807) is 0 Å². The number of amides is 2. The van der Waals surface area contributed by atoms with Gasteiger partial charge in [-0.15, -0.1) is 0 Å². The summed E-state index contributed by atoms with van der Waals surface area (Å²) in [5.41, 5.74) is 0. The highest BCUT2D eigenvalue weighted by Crippen LogP contribution is 2.03. The van der Waals surface area contributed by atoms with Gasteiger partial charge in [0.15, 0.2) is 0 Å². The minimum absolute atomic E-state index is 0.153. The van der Waals surface area contributed by atoms with Crippen molar-refractivity contribution in [3.8, 4) is 0 Å². The summed E-state index contributed by atoms with van der Waals surface area (Å²) in [4.78, 5) is 23.4. The second-order valence-electron chi connectivity index (χ2n) is 6.14. The Balaban J connectivity index is 3.92. The van der Waals surface area contributed by atoms with Crippen molar-refractivity contribution < 1.29 is 9.59 Å². The molecule has 2 atom stereocenters. The highest BCUT2D eigenvalue weighted by molar-refractivity contribution is 5.96. The summed E-state index contributed by atoms with van der Waals surface area (Å²) in [6, 6.07) is 0.305. The number of hydrogen-bond donors (Lipinski definition) is 2. The number of hydrogen-bond acceptors (Lipinski definition) is 2. The van der Waals surface area contributed by atoms with Gasteiger partial charge in [-0.25, -0.2) is 0 Å². The van der Waals surface area contributed by atoms with Crippen molar-refractivity contribution in [2.45, 2.75) is 91.1 Å². The first-order valence-electron chi connectivity index (χ1n) is 8.78. The van der Waals surface area contributed by atoms with Crippen molar-refractivity contribution in [3.05, 3.63) is 12.2 Å². The molecule has 2 N–H and O–H groups in total. The fourth-order valence-corrected chi connectivity index (χ4v) is 2.28. The largest absolute Gasteiger partial charge is 0.350 e. The zero-order chi connectivity index (χ0) is 16.8. The highest BCUT2D eigenvalue weighted by Gasteiger charge is 2.06. The van der Waals surface area contributed by atoms with Crippen LogP contribution in [0.2, 0.25) is 0 Å². The first kappa shape index (κ1) is 20.7. The Labute approximate surface area is 136 Å². The average molecular weight is 310 g/mol. The molecule has 4 nitrogen and oxygen atoms in total. The Hall–Kier alpha value is -1.32. The van der Waals surface area contributed by atoms with E-state index in [0.717, 1.165) is 25.7 Å². The topological polar surface area (TPSA) is 58.2 Å². The molecule has 0 rings (SSSR count). The molecule has 0 aliphatic carbocycles. The minimum Gasteiger partial charge on any atom is -0.350 e. The van der Waals surface area contributed by atoms with Gasteiger partial charge in [0.1, 0.15) is 0 Å². The van der Waals surface area contributed by atoms with E-state index in [-0.39, 0.29) is 23.9 Å². The summed E-state index contributed by atoms with van der Waals surface area (Å²) in [7, 11) is 0. The van der Waals surface area contributed by atoms with Crippen molar-refractivity contribution >= 4 is 11.8 Å². The van der Waals surface area contributed by atoms with Crippen LogP contribution in [-0.2, 0) is 9.59 Å². The summed E-state index contributed by atoms with van der Waals surface area (Å²) in [5, 5.41) is 5.77. The van der Waals surface area contributed by atoms with Crippen molar-refractivity contribution in [1.29, 1.82) is 0 Å². The molecule has 0 aromatic rings. The molecule has 0 aromatic heterocycles. The van der Waals surface area contributed by atoms with Crippen LogP contribution < -0.4 is 10.6 Å². The fraction of sp³-hybridized carbons (Fsp3) is 0.778. The summed E-state index contributed by atoms with van der Waals surface area (Å²) in [6.45, 7) is 8.32. The van der Waals surface area contributed by atoms with Gasteiger partial charge in [0.25, 0.3) is 0 Å². The van der Waals surface area contributed by atoms with E-state index >= 15 is 0 Å². The summed E-state index contributed by atoms with van der Waals surface area (Å²) in [5.74, 6) is -0.393. The molecule has 0 fully saturated rings. The third-order valence-electron chi connectivity index (χ3n) is 3.64. The second kappa shape index (κ2) is 13.4. The number of carbonyl (C=O) groups excluding carboxylic acids is 2. The molecule has 0 saturated heterocycles. The SMILES string of the molecule is CCCCCC(C)NC(=O)/C=C\C(=O)NC(C)CCCCC. The van der Waals surface area contributed by atoms with Gasteiger partial charge in [-0.2, -0.15) is 0 Å². The maximum absolute atomic E-state index is 11.7. The van der Waals surface area contributed by atoms with Crippen LogP contribution in [0, 0.1) is 0 Å². The molecule has 0 aliphatic rings. The van der Waals surface area contributed by atoms with Gasteiger partial charge >= 0.3 is 0 Å². The van der Waals surface area contributed by atoms with E-state index in [1.807, 2.05) is 13.8 Å². The predicted octanol–water partition coefficient (Wildman–Crippen LogP) is 3.71. The zero-order valence-electron chi connectivity index (χ0n) is 14.8. The van der Waals surface area contributed by atoms with E-state index in [2.05, 4.69) is 24.5 Å². The van der Waals surface area contributed by atoms with Crippen LogP contribution in [0.25, 0.3) is 0 Å². The number of carbonyl (C=O) groups is 2. The molecular formula is C18H34N2O2. The molecule has 0 saturated carbocycles. The monoisotopic (exact) mass is 310 g/mol. The van der Waals surface area contributed by atoms with Gasteiger partial charge in [0.05, 0.1) is 0 Å². The standard InChI is InChI=1S/C18H34N2O2/c1-5-7-9-11-15(3)19-17(21)13-14-18(22)20-16(4)12-10-8-6-2/h13-16H,5-12H2,1-4H3,(H,19,21)(H,20,22)/b14-13-. The van der Waals surface area contributed by atoms with Gasteiger partial charge in [-0.05, 0) is 26.7 Å². The molecule has 0 spiro atoms. The molecule has 2 unspecified atom stereocenters. The summed E-state index contributed by atoms with van der Waals surface area (Å²) < 4.78 is 0. The van der Waals surface area contributed by atoms with E-state index in [0.29, 0.717) is 0 Å². The third kappa shape index (κ3) is 12.4. The molecule has 128 valence electrons. The first-order valence-corrected chi connectivity index (χ1v) is 8.78. The molecule has 4 heteroatoms. The lowest BCUT2D eigenvalue weighted by Gasteiger charge is -2.13. The molecule has 0 radical (unpaired) electrons. The van der Waals surface area contributed by atoms with E-state index in [9.17, 15) is 9.59 Å². The Kier molecular flexibility index (Phi) is 12.5. The van der Waals surface area contributed by atoms with Crippen LogP contribution >= 0.6 is 0 Å². The molecule has 0 bridgehead atoms. The van der Waals surface area contributed by atoms with Crippen LogP contribution in [0.4, 0.5) is 0 Å². The third-order valence-corrected chi connectivity index (χ3v) is 3.64. The number of unbranched alkanes of at least 4 members (excludes halogenated alkanes) is 4. The zero-order valence-corrected chi connectivity index (χ0v) is 14.8. The van der Waals surface area contributed by atoms with Crippen LogP contribution in [0.5, 0.6) is 0 Å². The lowest BCUT2D eigenvalue weighted by Crippen LogP contribution is -2.33. The average Bonchev–Trinajstić information content (AvgIpc) is 2.45. The lowest BCUT2D eigenvalue weighted by molar-refractivity contribution is -0.119. The van der Waals surface area contributed by atoms with Crippen molar-refractivity contribution in [2.24, 2.45) is 0 Å². The van der Waals surface area contributed by atoms with Gasteiger partial charge < -0.3 is 10.6 Å². The summed E-state index contributed by atoms with van der Waals surface area (Å²) >= 11 is 0. The van der Waals surface area contributed by atoms with Gasteiger partial charge in [-0.3, -0.25) is 9.59 Å². The van der Waals surface area contributed by atoms with Gasteiger partial charge in [0.2, 0.25) is 11.8 Å². The fourth-order valence-electron chi connectivity index (χ4n) is 2.28. The maximum Gasteiger partial charge on any atom is 0.244 e. The Morgan fingerprint density at radius 2 is 1.14 bits per heavy atom. The number of nitrogens with one attached hydrogen (secondary N) is 2. The Morgan fingerprint density at radius 3 is 1.45 bits per heavy atom. The van der Waals surface area contributed by atoms with Gasteiger partial charge in [0, 0.05) is 24.2 Å². The lowest BCUT2D eigenvalue weighted by atomic mass is 10.1. The van der Waals surface area contributed by atoms with Crippen LogP contribution in [0.15, 0.2) is 12.2 Å². The highest BCUT2D eigenvalue weighted by atomic mass is 16.2. The predicted molar refractivity (Wildman–Crippen MR) is 92.6 cm³/mol. The second-order valence-corrected chi connectivity index (χ2v) is 6.14. The van der Waals surface area contributed by atoms with Crippen LogP contribution in [0.3, 0.4) is 0 Å². The van der Waals surface area contributed by atoms with Crippen molar-refractivity contribution in [1.82, 2.24) is 10.6 Å². The van der Waals surface area contributed by atoms with Crippen molar-refractivity contribution in [2.75, 3.05) is 0 Å². The molecule has 22 heavy (non-hydrogen) atoms. The van der Waals surface area contributed by atoms with E-state index in [1.165, 1.54) is 37.8 Å². The molecule has 0 heterocycles.